The largest absolute Gasteiger partial charge is 0.369 e. The zero-order valence-corrected chi connectivity index (χ0v) is 17.5. The molecule has 2 aromatic carbocycles. The summed E-state index contributed by atoms with van der Waals surface area (Å²) in [5.74, 6) is -0.356. The van der Waals surface area contributed by atoms with Gasteiger partial charge in [-0.1, -0.05) is 30.3 Å². The number of benzene rings is 2. The highest BCUT2D eigenvalue weighted by Gasteiger charge is 2.29. The van der Waals surface area contributed by atoms with E-state index in [1.807, 2.05) is 30.3 Å². The molecule has 31 heavy (non-hydrogen) atoms. The van der Waals surface area contributed by atoms with E-state index in [0.29, 0.717) is 5.69 Å². The zero-order valence-electron chi connectivity index (χ0n) is 17.5. The fourth-order valence-electron chi connectivity index (χ4n) is 4.03. The number of carbonyl (C=O) groups excluding carboxylic acids is 1. The van der Waals surface area contributed by atoms with E-state index in [1.165, 1.54) is 17.7 Å². The Morgan fingerprint density at radius 2 is 1.61 bits per heavy atom. The van der Waals surface area contributed by atoms with Crippen molar-refractivity contribution < 1.29 is 9.18 Å². The quantitative estimate of drug-likeness (QED) is 0.631. The number of carbonyl (C=O) groups is 1. The number of hydrogen-bond acceptors (Lipinski definition) is 4. The lowest BCUT2D eigenvalue weighted by molar-refractivity contribution is -0.121. The first kappa shape index (κ1) is 21.0. The number of halogens is 1. The molecule has 160 valence electrons. The van der Waals surface area contributed by atoms with Gasteiger partial charge < -0.3 is 10.2 Å². The van der Waals surface area contributed by atoms with Crippen molar-refractivity contribution in [1.29, 1.82) is 0 Å². The summed E-state index contributed by atoms with van der Waals surface area (Å²) in [6.45, 7) is 3.32. The Morgan fingerprint density at radius 3 is 2.29 bits per heavy atom. The maximum Gasteiger partial charge on any atom is 0.241 e. The van der Waals surface area contributed by atoms with E-state index in [9.17, 15) is 9.18 Å². The summed E-state index contributed by atoms with van der Waals surface area (Å²) in [7, 11) is 0. The lowest BCUT2D eigenvalue weighted by Crippen LogP contribution is -2.54. The minimum absolute atomic E-state index is 0.0418. The molecule has 0 spiro atoms. The van der Waals surface area contributed by atoms with Crippen LogP contribution in [0.25, 0.3) is 0 Å². The molecule has 0 bridgehead atoms. The second kappa shape index (κ2) is 10.2. The maximum atomic E-state index is 13.2. The van der Waals surface area contributed by atoms with Crippen molar-refractivity contribution >= 4 is 17.3 Å². The number of pyridine rings is 1. The van der Waals surface area contributed by atoms with Gasteiger partial charge >= 0.3 is 0 Å². The van der Waals surface area contributed by atoms with Crippen LogP contribution in [0.5, 0.6) is 0 Å². The Labute approximate surface area is 182 Å². The third-order valence-corrected chi connectivity index (χ3v) is 5.75. The molecule has 1 saturated heterocycles. The van der Waals surface area contributed by atoms with Gasteiger partial charge in [-0.25, -0.2) is 4.39 Å². The third-order valence-electron chi connectivity index (χ3n) is 5.75. The molecule has 0 aliphatic carbocycles. The van der Waals surface area contributed by atoms with E-state index in [-0.39, 0.29) is 17.8 Å². The van der Waals surface area contributed by atoms with E-state index in [2.05, 4.69) is 32.2 Å². The van der Waals surface area contributed by atoms with Crippen LogP contribution in [-0.4, -0.2) is 48.0 Å². The van der Waals surface area contributed by atoms with Crippen molar-refractivity contribution in [2.24, 2.45) is 0 Å². The summed E-state index contributed by atoms with van der Waals surface area (Å²) in [6.07, 6.45) is 5.17. The zero-order chi connectivity index (χ0) is 21.5. The standard InChI is InChI=1S/C25H27FN4O/c26-21-7-9-22(10-8-21)28-25(31)24(11-6-20-4-2-1-3-5-20)30-18-16-29(17-19-30)23-12-14-27-15-13-23/h1-5,7-10,12-15,24H,6,11,16-19H2,(H,28,31). The fraction of sp³-hybridized carbons (Fsp3) is 0.280. The molecule has 5 nitrogen and oxygen atoms in total. The molecule has 1 atom stereocenters. The Balaban J connectivity index is 1.44. The number of aryl methyl sites for hydroxylation is 1. The van der Waals surface area contributed by atoms with Gasteiger partial charge in [0.15, 0.2) is 0 Å². The second-order valence-corrected chi connectivity index (χ2v) is 7.76. The topological polar surface area (TPSA) is 48.5 Å². The van der Waals surface area contributed by atoms with Gasteiger partial charge in [0.25, 0.3) is 0 Å². The molecule has 1 N–H and O–H groups in total. The molecule has 1 amide bonds. The molecule has 0 radical (unpaired) electrons. The molecular formula is C25H27FN4O. The molecule has 1 aliphatic rings. The Hall–Kier alpha value is -3.25. The van der Waals surface area contributed by atoms with Crippen molar-refractivity contribution in [3.63, 3.8) is 0 Å². The van der Waals surface area contributed by atoms with Crippen LogP contribution >= 0.6 is 0 Å². The molecule has 1 fully saturated rings. The van der Waals surface area contributed by atoms with Crippen LogP contribution in [0.4, 0.5) is 15.8 Å². The van der Waals surface area contributed by atoms with Crippen molar-refractivity contribution in [2.75, 3.05) is 36.4 Å². The first-order valence-electron chi connectivity index (χ1n) is 10.7. The van der Waals surface area contributed by atoms with E-state index in [4.69, 9.17) is 0 Å². The van der Waals surface area contributed by atoms with Gasteiger partial charge in [-0.2, -0.15) is 0 Å². The van der Waals surface area contributed by atoms with Crippen LogP contribution in [0.3, 0.4) is 0 Å². The number of aromatic nitrogens is 1. The van der Waals surface area contributed by atoms with Gasteiger partial charge in [-0.3, -0.25) is 14.7 Å². The Morgan fingerprint density at radius 1 is 0.935 bits per heavy atom. The van der Waals surface area contributed by atoms with Crippen LogP contribution in [0, 0.1) is 5.82 Å². The van der Waals surface area contributed by atoms with Crippen LogP contribution < -0.4 is 10.2 Å². The van der Waals surface area contributed by atoms with E-state index < -0.39 is 0 Å². The van der Waals surface area contributed by atoms with E-state index >= 15 is 0 Å². The molecular weight excluding hydrogens is 391 g/mol. The van der Waals surface area contributed by atoms with Crippen molar-refractivity contribution in [1.82, 2.24) is 9.88 Å². The van der Waals surface area contributed by atoms with Gasteiger partial charge in [0, 0.05) is 49.9 Å². The summed E-state index contributed by atoms with van der Waals surface area (Å²) < 4.78 is 13.2. The number of nitrogens with one attached hydrogen (secondary N) is 1. The fourth-order valence-corrected chi connectivity index (χ4v) is 4.03. The SMILES string of the molecule is O=C(Nc1ccc(F)cc1)C(CCc1ccccc1)N1CCN(c2ccncc2)CC1. The van der Waals surface area contributed by atoms with Crippen LogP contribution in [0.15, 0.2) is 79.1 Å². The molecule has 4 rings (SSSR count). The smallest absolute Gasteiger partial charge is 0.241 e. The average molecular weight is 419 g/mol. The average Bonchev–Trinajstić information content (AvgIpc) is 2.82. The van der Waals surface area contributed by atoms with Crippen molar-refractivity contribution in [2.45, 2.75) is 18.9 Å². The highest BCUT2D eigenvalue weighted by atomic mass is 19.1. The van der Waals surface area contributed by atoms with Gasteiger partial charge in [-0.05, 0) is 54.8 Å². The highest BCUT2D eigenvalue weighted by molar-refractivity contribution is 5.94. The molecule has 1 aromatic heterocycles. The first-order valence-corrected chi connectivity index (χ1v) is 10.7. The number of rotatable bonds is 7. The lowest BCUT2D eigenvalue weighted by atomic mass is 10.0. The number of hydrogen-bond donors (Lipinski definition) is 1. The van der Waals surface area contributed by atoms with E-state index in [1.54, 1.807) is 24.5 Å². The molecule has 6 heteroatoms. The summed E-state index contributed by atoms with van der Waals surface area (Å²) in [5.41, 5.74) is 3.00. The predicted octanol–water partition coefficient (Wildman–Crippen LogP) is 3.98. The number of amides is 1. The van der Waals surface area contributed by atoms with Crippen LogP contribution in [0.1, 0.15) is 12.0 Å². The maximum absolute atomic E-state index is 13.2. The molecule has 0 saturated carbocycles. The third kappa shape index (κ3) is 5.67. The highest BCUT2D eigenvalue weighted by Crippen LogP contribution is 2.19. The van der Waals surface area contributed by atoms with Crippen molar-refractivity contribution in [3.05, 3.63) is 90.5 Å². The summed E-state index contributed by atoms with van der Waals surface area (Å²) >= 11 is 0. The first-order chi connectivity index (χ1) is 15.2. The Kier molecular flexibility index (Phi) is 6.89. The molecule has 1 aliphatic heterocycles. The van der Waals surface area contributed by atoms with Gasteiger partial charge in [-0.15, -0.1) is 0 Å². The minimum Gasteiger partial charge on any atom is -0.369 e. The molecule has 3 aromatic rings. The Bertz CT molecular complexity index is 958. The summed E-state index contributed by atoms with van der Waals surface area (Å²) in [5, 5.41) is 2.98. The van der Waals surface area contributed by atoms with Crippen LogP contribution in [-0.2, 0) is 11.2 Å². The van der Waals surface area contributed by atoms with Crippen molar-refractivity contribution in [3.8, 4) is 0 Å². The monoisotopic (exact) mass is 418 g/mol. The summed E-state index contributed by atoms with van der Waals surface area (Å²) in [6, 6.07) is 20.0. The van der Waals surface area contributed by atoms with Crippen LogP contribution in [0.2, 0.25) is 0 Å². The molecule has 1 unspecified atom stereocenters. The van der Waals surface area contributed by atoms with Gasteiger partial charge in [0.1, 0.15) is 5.82 Å². The second-order valence-electron chi connectivity index (χ2n) is 7.76. The summed E-state index contributed by atoms with van der Waals surface area (Å²) in [4.78, 5) is 21.9. The molecule has 2 heterocycles. The van der Waals surface area contributed by atoms with Gasteiger partial charge in [0.2, 0.25) is 5.91 Å². The predicted molar refractivity (Wildman–Crippen MR) is 122 cm³/mol. The number of nitrogens with zero attached hydrogens (tertiary/aromatic N) is 3. The lowest BCUT2D eigenvalue weighted by Gasteiger charge is -2.39. The van der Waals surface area contributed by atoms with E-state index in [0.717, 1.165) is 44.7 Å². The normalized spacial score (nSPS) is 15.5. The van der Waals surface area contributed by atoms with Gasteiger partial charge in [0.05, 0.1) is 6.04 Å². The number of anilines is 2. The minimum atomic E-state index is -0.314. The number of piperazine rings is 1.